The van der Waals surface area contributed by atoms with E-state index in [9.17, 15) is 9.59 Å². The predicted molar refractivity (Wildman–Crippen MR) is 113 cm³/mol. The SMILES string of the molecule is CCCNC(=O)Nc1ccc2c(C(=O)NC3CN4CCC3CC4)nn(CC)c2c1. The van der Waals surface area contributed by atoms with Crippen molar-refractivity contribution in [3.63, 3.8) is 0 Å². The van der Waals surface area contributed by atoms with Crippen LogP contribution in [0.5, 0.6) is 0 Å². The maximum Gasteiger partial charge on any atom is 0.319 e. The van der Waals surface area contributed by atoms with Crippen LogP contribution in [0, 0.1) is 5.92 Å². The van der Waals surface area contributed by atoms with Gasteiger partial charge in [-0.1, -0.05) is 6.92 Å². The number of fused-ring (bicyclic) bond motifs is 4. The number of amides is 3. The Morgan fingerprint density at radius 1 is 1.21 bits per heavy atom. The number of hydrogen-bond acceptors (Lipinski definition) is 4. The van der Waals surface area contributed by atoms with Gasteiger partial charge in [0.2, 0.25) is 0 Å². The summed E-state index contributed by atoms with van der Waals surface area (Å²) in [6.45, 7) is 8.51. The standard InChI is InChI=1S/C21H30N6O2/c1-3-9-22-21(29)23-15-5-6-16-18(12-15)27(4-2)25-19(16)20(28)24-17-13-26-10-7-14(17)8-11-26/h5-6,12,14,17H,3-4,7-11,13H2,1-2H3,(H,24,28)(H2,22,23,29). The molecule has 3 fully saturated rings. The van der Waals surface area contributed by atoms with E-state index in [0.717, 1.165) is 49.8 Å². The Kier molecular flexibility index (Phi) is 5.71. The lowest BCUT2D eigenvalue weighted by Crippen LogP contribution is -2.57. The van der Waals surface area contributed by atoms with Crippen molar-refractivity contribution in [2.75, 3.05) is 31.5 Å². The van der Waals surface area contributed by atoms with Gasteiger partial charge < -0.3 is 20.9 Å². The van der Waals surface area contributed by atoms with Gasteiger partial charge in [0, 0.05) is 36.7 Å². The Hall–Kier alpha value is -2.61. The van der Waals surface area contributed by atoms with Gasteiger partial charge in [-0.2, -0.15) is 5.10 Å². The Bertz CT molecular complexity index is 900. The van der Waals surface area contributed by atoms with Crippen molar-refractivity contribution in [3.8, 4) is 0 Å². The molecule has 3 saturated heterocycles. The fraction of sp³-hybridized carbons (Fsp3) is 0.571. The molecule has 3 aliphatic heterocycles. The van der Waals surface area contributed by atoms with Crippen LogP contribution >= 0.6 is 0 Å². The number of hydrogen-bond donors (Lipinski definition) is 3. The lowest BCUT2D eigenvalue weighted by molar-refractivity contribution is 0.0618. The molecule has 1 atom stereocenters. The number of benzene rings is 1. The van der Waals surface area contributed by atoms with E-state index >= 15 is 0 Å². The molecule has 3 amide bonds. The number of piperidine rings is 3. The van der Waals surface area contributed by atoms with Crippen LogP contribution in [0.1, 0.15) is 43.6 Å². The molecule has 4 heterocycles. The van der Waals surface area contributed by atoms with Crippen molar-refractivity contribution in [3.05, 3.63) is 23.9 Å². The summed E-state index contributed by atoms with van der Waals surface area (Å²) >= 11 is 0. The van der Waals surface area contributed by atoms with Gasteiger partial charge in [0.1, 0.15) is 0 Å². The van der Waals surface area contributed by atoms with Crippen LogP contribution in [0.4, 0.5) is 10.5 Å². The zero-order chi connectivity index (χ0) is 20.4. The number of aromatic nitrogens is 2. The lowest BCUT2D eigenvalue weighted by Gasteiger charge is -2.44. The molecule has 0 spiro atoms. The van der Waals surface area contributed by atoms with E-state index in [2.05, 4.69) is 25.9 Å². The molecule has 3 aliphatic rings. The third-order valence-corrected chi connectivity index (χ3v) is 6.03. The molecular formula is C21H30N6O2. The summed E-state index contributed by atoms with van der Waals surface area (Å²) < 4.78 is 1.82. The molecule has 8 nitrogen and oxygen atoms in total. The second kappa shape index (κ2) is 8.41. The number of nitrogens with zero attached hydrogens (tertiary/aromatic N) is 3. The first-order valence-electron chi connectivity index (χ1n) is 10.7. The molecule has 1 unspecified atom stereocenters. The summed E-state index contributed by atoms with van der Waals surface area (Å²) in [6.07, 6.45) is 3.20. The first kappa shape index (κ1) is 19.7. The van der Waals surface area contributed by atoms with Crippen molar-refractivity contribution < 1.29 is 9.59 Å². The minimum Gasteiger partial charge on any atom is -0.346 e. The number of urea groups is 1. The molecule has 0 saturated carbocycles. The predicted octanol–water partition coefficient (Wildman–Crippen LogP) is 2.41. The van der Waals surface area contributed by atoms with Gasteiger partial charge in [-0.3, -0.25) is 9.48 Å². The first-order valence-corrected chi connectivity index (χ1v) is 10.7. The number of rotatable bonds is 6. The molecule has 1 aromatic carbocycles. The highest BCUT2D eigenvalue weighted by Crippen LogP contribution is 2.28. The average molecular weight is 399 g/mol. The van der Waals surface area contributed by atoms with E-state index in [0.29, 0.717) is 30.4 Å². The van der Waals surface area contributed by atoms with Crippen LogP contribution in [0.2, 0.25) is 0 Å². The second-order valence-corrected chi connectivity index (χ2v) is 8.00. The van der Waals surface area contributed by atoms with Crippen LogP contribution in [0.25, 0.3) is 10.9 Å². The summed E-state index contributed by atoms with van der Waals surface area (Å²) in [4.78, 5) is 27.4. The van der Waals surface area contributed by atoms with Crippen LogP contribution in [0.15, 0.2) is 18.2 Å². The van der Waals surface area contributed by atoms with Crippen molar-refractivity contribution in [2.45, 2.75) is 45.7 Å². The Morgan fingerprint density at radius 3 is 2.66 bits per heavy atom. The summed E-state index contributed by atoms with van der Waals surface area (Å²) in [5.74, 6) is 0.461. The van der Waals surface area contributed by atoms with Crippen LogP contribution in [0.3, 0.4) is 0 Å². The minimum atomic E-state index is -0.228. The van der Waals surface area contributed by atoms with Crippen molar-refractivity contribution in [1.82, 2.24) is 25.3 Å². The average Bonchev–Trinajstić information content (AvgIpc) is 3.11. The Balaban J connectivity index is 1.53. The number of carbonyl (C=O) groups is 2. The maximum atomic E-state index is 13.0. The third kappa shape index (κ3) is 4.07. The molecule has 1 aromatic heterocycles. The van der Waals surface area contributed by atoms with E-state index in [1.807, 2.05) is 36.7 Å². The van der Waals surface area contributed by atoms with E-state index in [1.165, 1.54) is 0 Å². The fourth-order valence-corrected chi connectivity index (χ4v) is 4.44. The summed E-state index contributed by atoms with van der Waals surface area (Å²) in [7, 11) is 0. The van der Waals surface area contributed by atoms with Crippen molar-refractivity contribution in [1.29, 1.82) is 0 Å². The zero-order valence-corrected chi connectivity index (χ0v) is 17.2. The topological polar surface area (TPSA) is 91.3 Å². The monoisotopic (exact) mass is 398 g/mol. The minimum absolute atomic E-state index is 0.109. The van der Waals surface area contributed by atoms with E-state index in [-0.39, 0.29) is 18.0 Å². The van der Waals surface area contributed by atoms with Gasteiger partial charge in [0.05, 0.1) is 5.52 Å². The normalized spacial score (nSPS) is 23.2. The van der Waals surface area contributed by atoms with Gasteiger partial charge in [-0.15, -0.1) is 0 Å². The van der Waals surface area contributed by atoms with Crippen molar-refractivity contribution >= 4 is 28.5 Å². The van der Waals surface area contributed by atoms with Gasteiger partial charge in [0.15, 0.2) is 5.69 Å². The Morgan fingerprint density at radius 2 is 2.00 bits per heavy atom. The first-order chi connectivity index (χ1) is 14.1. The molecule has 156 valence electrons. The van der Waals surface area contributed by atoms with Crippen LogP contribution < -0.4 is 16.0 Å². The zero-order valence-electron chi connectivity index (χ0n) is 17.2. The summed E-state index contributed by atoms with van der Waals surface area (Å²) in [5, 5.41) is 14.3. The molecule has 2 bridgehead atoms. The smallest absolute Gasteiger partial charge is 0.319 e. The number of carbonyl (C=O) groups excluding carboxylic acids is 2. The second-order valence-electron chi connectivity index (χ2n) is 8.00. The van der Waals surface area contributed by atoms with Crippen LogP contribution in [-0.2, 0) is 6.54 Å². The number of anilines is 1. The molecular weight excluding hydrogens is 368 g/mol. The highest BCUT2D eigenvalue weighted by atomic mass is 16.2. The van der Waals surface area contributed by atoms with Gasteiger partial charge in [-0.05, 0) is 63.4 Å². The Labute approximate surface area is 171 Å². The molecule has 3 N–H and O–H groups in total. The van der Waals surface area contributed by atoms with E-state index < -0.39 is 0 Å². The number of aryl methyl sites for hydroxylation is 1. The third-order valence-electron chi connectivity index (χ3n) is 6.03. The van der Waals surface area contributed by atoms with Gasteiger partial charge >= 0.3 is 6.03 Å². The molecule has 29 heavy (non-hydrogen) atoms. The quantitative estimate of drug-likeness (QED) is 0.697. The van der Waals surface area contributed by atoms with Crippen molar-refractivity contribution in [2.24, 2.45) is 5.92 Å². The molecule has 8 heteroatoms. The molecule has 0 aliphatic carbocycles. The van der Waals surface area contributed by atoms with E-state index in [4.69, 9.17) is 0 Å². The summed E-state index contributed by atoms with van der Waals surface area (Å²) in [5.41, 5.74) is 1.99. The van der Waals surface area contributed by atoms with Crippen LogP contribution in [-0.4, -0.2) is 58.8 Å². The fourth-order valence-electron chi connectivity index (χ4n) is 4.44. The van der Waals surface area contributed by atoms with Gasteiger partial charge in [0.25, 0.3) is 5.91 Å². The molecule has 0 radical (unpaired) electrons. The molecule has 5 rings (SSSR count). The summed E-state index contributed by atoms with van der Waals surface area (Å²) in [6, 6.07) is 5.54. The molecule has 2 aromatic rings. The van der Waals surface area contributed by atoms with Gasteiger partial charge in [-0.25, -0.2) is 4.79 Å². The lowest BCUT2D eigenvalue weighted by atomic mass is 9.84. The highest BCUT2D eigenvalue weighted by Gasteiger charge is 2.35. The number of nitrogens with one attached hydrogen (secondary N) is 3. The van der Waals surface area contributed by atoms with E-state index in [1.54, 1.807) is 0 Å². The largest absolute Gasteiger partial charge is 0.346 e. The maximum absolute atomic E-state index is 13.0. The highest BCUT2D eigenvalue weighted by molar-refractivity contribution is 6.06.